The van der Waals surface area contributed by atoms with E-state index in [9.17, 15) is 17.2 Å². The number of aromatic nitrogens is 2. The highest BCUT2D eigenvalue weighted by Gasteiger charge is 2.25. The summed E-state index contributed by atoms with van der Waals surface area (Å²) in [5.74, 6) is -0.164. The van der Waals surface area contributed by atoms with Gasteiger partial charge in [-0.3, -0.25) is 9.82 Å². The normalized spacial score (nSPS) is 11.7. The van der Waals surface area contributed by atoms with Crippen LogP contribution in [0.5, 0.6) is 0 Å². The molecule has 0 radical (unpaired) electrons. The summed E-state index contributed by atoms with van der Waals surface area (Å²) in [7, 11) is -3.94. The number of hydrogen-bond acceptors (Lipinski definition) is 3. The van der Waals surface area contributed by atoms with Crippen molar-refractivity contribution < 1.29 is 17.2 Å². The summed E-state index contributed by atoms with van der Waals surface area (Å²) in [5.41, 5.74) is 1.00. The number of benzene rings is 2. The minimum Gasteiger partial charge on any atom is -0.274 e. The maximum atomic E-state index is 13.3. The van der Waals surface area contributed by atoms with Crippen molar-refractivity contribution in [1.82, 2.24) is 10.2 Å². The molecule has 130 valence electrons. The van der Waals surface area contributed by atoms with Crippen molar-refractivity contribution in [2.45, 2.75) is 18.2 Å². The molecular weight excluding hydrogens is 348 g/mol. The van der Waals surface area contributed by atoms with Crippen molar-refractivity contribution in [1.29, 1.82) is 0 Å². The van der Waals surface area contributed by atoms with Crippen molar-refractivity contribution in [2.24, 2.45) is 0 Å². The first-order valence-corrected chi connectivity index (χ1v) is 8.88. The number of alkyl halides is 2. The van der Waals surface area contributed by atoms with Gasteiger partial charge in [0.25, 0.3) is 16.4 Å². The quantitative estimate of drug-likeness (QED) is 0.716. The molecule has 5 nitrogen and oxygen atoms in total. The van der Waals surface area contributed by atoms with Gasteiger partial charge in [0.1, 0.15) is 5.69 Å². The second kappa shape index (κ2) is 6.64. The van der Waals surface area contributed by atoms with Crippen LogP contribution in [-0.4, -0.2) is 18.6 Å². The zero-order valence-electron chi connectivity index (χ0n) is 13.2. The highest BCUT2D eigenvalue weighted by molar-refractivity contribution is 7.92. The summed E-state index contributed by atoms with van der Waals surface area (Å²) >= 11 is 0. The SMILES string of the molecule is Cc1ccc(-c2c(NS(=O)(=O)c3ccccc3)n[nH]c2C(F)F)cc1. The third-order valence-corrected chi connectivity index (χ3v) is 4.99. The van der Waals surface area contributed by atoms with E-state index >= 15 is 0 Å². The van der Waals surface area contributed by atoms with Crippen LogP contribution in [0.4, 0.5) is 14.6 Å². The molecule has 2 aromatic carbocycles. The largest absolute Gasteiger partial charge is 0.280 e. The van der Waals surface area contributed by atoms with Crippen LogP contribution in [0.1, 0.15) is 17.7 Å². The molecule has 0 unspecified atom stereocenters. The predicted molar refractivity (Wildman–Crippen MR) is 91.0 cm³/mol. The first-order chi connectivity index (χ1) is 11.9. The number of halogens is 2. The number of rotatable bonds is 5. The van der Waals surface area contributed by atoms with Gasteiger partial charge in [-0.1, -0.05) is 48.0 Å². The molecule has 0 atom stereocenters. The van der Waals surface area contributed by atoms with E-state index in [4.69, 9.17) is 0 Å². The lowest BCUT2D eigenvalue weighted by Crippen LogP contribution is -2.13. The maximum Gasteiger partial charge on any atom is 0.280 e. The molecule has 0 amide bonds. The van der Waals surface area contributed by atoms with Gasteiger partial charge in [-0.05, 0) is 24.6 Å². The van der Waals surface area contributed by atoms with Crippen LogP contribution in [0.15, 0.2) is 59.5 Å². The Morgan fingerprint density at radius 1 is 1.04 bits per heavy atom. The Hall–Kier alpha value is -2.74. The summed E-state index contributed by atoms with van der Waals surface area (Å²) in [6.45, 7) is 1.87. The molecule has 0 aliphatic carbocycles. The smallest absolute Gasteiger partial charge is 0.274 e. The molecule has 1 aromatic heterocycles. The fourth-order valence-corrected chi connectivity index (χ4v) is 3.42. The summed E-state index contributed by atoms with van der Waals surface area (Å²) in [4.78, 5) is 0.0199. The monoisotopic (exact) mass is 363 g/mol. The van der Waals surface area contributed by atoms with Crippen LogP contribution in [0.25, 0.3) is 11.1 Å². The third-order valence-electron chi connectivity index (χ3n) is 3.64. The van der Waals surface area contributed by atoms with E-state index in [0.717, 1.165) is 5.56 Å². The van der Waals surface area contributed by atoms with Gasteiger partial charge in [0.2, 0.25) is 0 Å². The molecule has 3 rings (SSSR count). The summed E-state index contributed by atoms with van der Waals surface area (Å²) in [6.07, 6.45) is -2.82. The molecule has 0 saturated heterocycles. The van der Waals surface area contributed by atoms with Gasteiger partial charge < -0.3 is 0 Å². The van der Waals surface area contributed by atoms with Crippen molar-refractivity contribution >= 4 is 15.8 Å². The second-order valence-corrected chi connectivity index (χ2v) is 7.13. The molecule has 0 aliphatic rings. The summed E-state index contributed by atoms with van der Waals surface area (Å²) in [6, 6.07) is 14.5. The lowest BCUT2D eigenvalue weighted by molar-refractivity contribution is 0.146. The van der Waals surface area contributed by atoms with E-state index in [1.54, 1.807) is 42.5 Å². The number of hydrogen-bond donors (Lipinski definition) is 2. The van der Waals surface area contributed by atoms with Gasteiger partial charge >= 0.3 is 0 Å². The molecule has 8 heteroatoms. The highest BCUT2D eigenvalue weighted by atomic mass is 32.2. The molecule has 0 fully saturated rings. The van der Waals surface area contributed by atoms with Crippen LogP contribution in [0, 0.1) is 6.92 Å². The first kappa shape index (κ1) is 17.1. The Labute approximate surface area is 143 Å². The number of aromatic amines is 1. The van der Waals surface area contributed by atoms with Crippen LogP contribution in [0.2, 0.25) is 0 Å². The molecule has 25 heavy (non-hydrogen) atoms. The van der Waals surface area contributed by atoms with E-state index in [1.807, 2.05) is 6.92 Å². The molecule has 0 spiro atoms. The van der Waals surface area contributed by atoms with Crippen molar-refractivity contribution in [3.8, 4) is 11.1 Å². The lowest BCUT2D eigenvalue weighted by atomic mass is 10.0. The minimum absolute atomic E-state index is 0.0199. The van der Waals surface area contributed by atoms with Gasteiger partial charge in [0.15, 0.2) is 5.82 Å². The average molecular weight is 363 g/mol. The minimum atomic E-state index is -3.94. The zero-order chi connectivity index (χ0) is 18.0. The Kier molecular flexibility index (Phi) is 4.54. The predicted octanol–water partition coefficient (Wildman–Crippen LogP) is 4.12. The zero-order valence-corrected chi connectivity index (χ0v) is 14.0. The van der Waals surface area contributed by atoms with Crippen LogP contribution >= 0.6 is 0 Å². The lowest BCUT2D eigenvalue weighted by Gasteiger charge is -2.09. The Morgan fingerprint density at radius 3 is 2.28 bits per heavy atom. The molecule has 1 heterocycles. The van der Waals surface area contributed by atoms with Crippen LogP contribution in [-0.2, 0) is 10.0 Å². The van der Waals surface area contributed by atoms with Crippen molar-refractivity contribution in [2.75, 3.05) is 4.72 Å². The Bertz CT molecular complexity index is 969. The molecule has 2 N–H and O–H groups in total. The van der Waals surface area contributed by atoms with E-state index in [2.05, 4.69) is 14.9 Å². The van der Waals surface area contributed by atoms with E-state index in [0.29, 0.717) is 5.56 Å². The van der Waals surface area contributed by atoms with Gasteiger partial charge in [0, 0.05) is 0 Å². The highest BCUT2D eigenvalue weighted by Crippen LogP contribution is 2.36. The Morgan fingerprint density at radius 2 is 1.68 bits per heavy atom. The molecule has 0 bridgehead atoms. The van der Waals surface area contributed by atoms with Crippen molar-refractivity contribution in [3.05, 3.63) is 65.9 Å². The number of anilines is 1. The first-order valence-electron chi connectivity index (χ1n) is 7.40. The summed E-state index contributed by atoms with van der Waals surface area (Å²) < 4.78 is 53.8. The number of nitrogens with zero attached hydrogens (tertiary/aromatic N) is 1. The molecular formula is C17H15F2N3O2S. The molecule has 0 aliphatic heterocycles. The van der Waals surface area contributed by atoms with Crippen molar-refractivity contribution in [3.63, 3.8) is 0 Å². The molecule has 3 aromatic rings. The van der Waals surface area contributed by atoms with E-state index in [-0.39, 0.29) is 16.3 Å². The fourth-order valence-electron chi connectivity index (χ4n) is 2.39. The second-order valence-electron chi connectivity index (χ2n) is 5.45. The third kappa shape index (κ3) is 3.53. The van der Waals surface area contributed by atoms with Crippen LogP contribution < -0.4 is 4.72 Å². The average Bonchev–Trinajstić information content (AvgIpc) is 2.99. The van der Waals surface area contributed by atoms with Gasteiger partial charge in [-0.25, -0.2) is 17.2 Å². The summed E-state index contributed by atoms with van der Waals surface area (Å²) in [5, 5.41) is 5.99. The van der Waals surface area contributed by atoms with E-state index < -0.39 is 22.1 Å². The topological polar surface area (TPSA) is 74.8 Å². The molecule has 0 saturated carbocycles. The fraction of sp³-hybridized carbons (Fsp3) is 0.118. The number of nitrogens with one attached hydrogen (secondary N) is 2. The Balaban J connectivity index is 2.07. The van der Waals surface area contributed by atoms with Crippen LogP contribution in [0.3, 0.4) is 0 Å². The van der Waals surface area contributed by atoms with Gasteiger partial charge in [-0.2, -0.15) is 5.10 Å². The van der Waals surface area contributed by atoms with E-state index in [1.165, 1.54) is 12.1 Å². The standard InChI is InChI=1S/C17H15F2N3O2S/c1-11-7-9-12(10-8-11)14-15(16(18)19)20-21-17(14)22-25(23,24)13-5-3-2-4-6-13/h2-10,16H,1H3,(H2,20,21,22). The number of sulfonamides is 1. The van der Waals surface area contributed by atoms with Gasteiger partial charge in [-0.15, -0.1) is 0 Å². The maximum absolute atomic E-state index is 13.3. The number of aryl methyl sites for hydroxylation is 1. The number of H-pyrrole nitrogens is 1. The van der Waals surface area contributed by atoms with Gasteiger partial charge in [0.05, 0.1) is 10.5 Å².